The Labute approximate surface area is 528 Å². The predicted molar refractivity (Wildman–Crippen MR) is 338 cm³/mol. The van der Waals surface area contributed by atoms with Crippen LogP contribution in [0.15, 0.2) is 121 Å². The fourth-order valence-corrected chi connectivity index (χ4v) is 13.0. The zero-order valence-electron chi connectivity index (χ0n) is 52.4. The molecular weight excluding hydrogens is 1150 g/mol. The second kappa shape index (κ2) is 35.1. The van der Waals surface area contributed by atoms with Gasteiger partial charge in [0, 0.05) is 37.0 Å². The number of carbonyl (C=O) groups is 8. The normalized spacial score (nSPS) is 22.2. The number of carbonyl (C=O) groups excluding carboxylic acids is 8. The van der Waals surface area contributed by atoms with E-state index in [1.807, 2.05) is 135 Å². The van der Waals surface area contributed by atoms with Gasteiger partial charge in [0.15, 0.2) is 0 Å². The summed E-state index contributed by atoms with van der Waals surface area (Å²) in [4.78, 5) is 115. The van der Waals surface area contributed by atoms with E-state index in [-0.39, 0.29) is 113 Å². The molecular formula is C68H92N10O12. The summed E-state index contributed by atoms with van der Waals surface area (Å²) in [5.41, 5.74) is 3.64. The Kier molecular flexibility index (Phi) is 26.7. The molecule has 10 atom stereocenters. The topological polar surface area (TPSA) is 276 Å². The maximum atomic E-state index is 14.7. The molecule has 4 saturated heterocycles. The van der Waals surface area contributed by atoms with Crippen molar-refractivity contribution < 1.29 is 57.3 Å². The number of likely N-dealkylation sites (N-methyl/N-ethyl adjacent to an activating group) is 2. The summed E-state index contributed by atoms with van der Waals surface area (Å²) in [6, 6.07) is 33.0. The second-order valence-corrected chi connectivity index (χ2v) is 23.6. The van der Waals surface area contributed by atoms with Crippen molar-refractivity contribution in [1.82, 2.24) is 52.3 Å². The Hall–Kier alpha value is -7.60. The van der Waals surface area contributed by atoms with E-state index in [2.05, 4.69) is 42.5 Å². The third-order valence-electron chi connectivity index (χ3n) is 17.9. The molecule has 0 saturated carbocycles. The van der Waals surface area contributed by atoms with E-state index < -0.39 is 72.0 Å². The van der Waals surface area contributed by atoms with E-state index in [4.69, 9.17) is 18.9 Å². The molecule has 10 unspecified atom stereocenters. The molecule has 0 aliphatic carbocycles. The van der Waals surface area contributed by atoms with Crippen LogP contribution in [0, 0.1) is 11.8 Å². The van der Waals surface area contributed by atoms with Crippen LogP contribution in [-0.2, 0) is 57.3 Å². The van der Waals surface area contributed by atoms with Gasteiger partial charge in [0.2, 0.25) is 47.3 Å². The van der Waals surface area contributed by atoms with E-state index in [0.717, 1.165) is 22.3 Å². The van der Waals surface area contributed by atoms with Crippen LogP contribution in [0.1, 0.15) is 112 Å². The fraction of sp³-hybridized carbons (Fsp3) is 0.529. The first kappa shape index (κ1) is 68.3. The molecule has 4 aliphatic rings. The molecule has 4 heterocycles. The van der Waals surface area contributed by atoms with Gasteiger partial charge in [0.1, 0.15) is 37.4 Å². The first-order chi connectivity index (χ1) is 43.8. The molecule has 0 spiro atoms. The van der Waals surface area contributed by atoms with Crippen LogP contribution in [0.3, 0.4) is 0 Å². The highest BCUT2D eigenvalue weighted by atomic mass is 16.6. The maximum absolute atomic E-state index is 14.7. The number of rotatable bonds is 33. The minimum absolute atomic E-state index is 0.108. The molecule has 0 bridgehead atoms. The monoisotopic (exact) mass is 1240 g/mol. The Balaban J connectivity index is 0.730. The molecule has 22 heteroatoms. The lowest BCUT2D eigenvalue weighted by Gasteiger charge is -2.33. The Bertz CT molecular complexity index is 2670. The predicted octanol–water partition coefficient (Wildman–Crippen LogP) is 3.60. The van der Waals surface area contributed by atoms with Crippen molar-refractivity contribution in [2.24, 2.45) is 11.8 Å². The Morgan fingerprint density at radius 2 is 0.756 bits per heavy atom. The van der Waals surface area contributed by atoms with Crippen LogP contribution in [0.4, 0.5) is 0 Å². The van der Waals surface area contributed by atoms with Crippen molar-refractivity contribution in [2.45, 2.75) is 138 Å². The van der Waals surface area contributed by atoms with Crippen LogP contribution >= 0.6 is 0 Å². The van der Waals surface area contributed by atoms with Gasteiger partial charge in [-0.15, -0.1) is 0 Å². The van der Waals surface area contributed by atoms with Crippen molar-refractivity contribution >= 4 is 47.3 Å². The molecule has 8 amide bonds. The summed E-state index contributed by atoms with van der Waals surface area (Å²) in [7, 11) is 3.38. The Morgan fingerprint density at radius 3 is 1.07 bits per heavy atom. The lowest BCUT2D eigenvalue weighted by molar-refractivity contribution is -0.144. The smallest absolute Gasteiger partial charge is 0.246 e. The SMILES string of the molecule is CCC(NC)C(=O)NC1C(=O)N2C(CCC1CNC(=O)COCCOCCOCCOCC(=O)NCC1CCC3CCC(C(=O)NC(c4ccccc4)c4ccccc4)N3C(=O)C1NC(=O)C(CC)NC)CCC2C(=O)NC(c1ccccc1)c1ccccc1. The van der Waals surface area contributed by atoms with E-state index in [1.165, 1.54) is 0 Å². The lowest BCUT2D eigenvalue weighted by Crippen LogP contribution is -2.59. The number of benzene rings is 4. The number of fused-ring (bicyclic) bond motifs is 2. The van der Waals surface area contributed by atoms with Gasteiger partial charge in [0.05, 0.1) is 63.8 Å². The fourth-order valence-electron chi connectivity index (χ4n) is 13.0. The van der Waals surface area contributed by atoms with E-state index >= 15 is 0 Å². The molecule has 0 aromatic heterocycles. The van der Waals surface area contributed by atoms with Crippen molar-refractivity contribution in [1.29, 1.82) is 0 Å². The maximum Gasteiger partial charge on any atom is 0.246 e. The number of nitrogens with zero attached hydrogens (tertiary/aromatic N) is 2. The average molecular weight is 1240 g/mol. The standard InChI is InChI=1S/C68H92N10O12/c1-5-53(69-3)63(81)75-61-49(27-29-51-31-33-55(77(51)67(61)85)65(83)73-59(45-19-11-7-12-20-45)46-21-13-8-14-22-46)41-71-57(79)43-89-39-37-87-35-36-88-38-40-90-44-58(80)72-42-50-28-30-52-32-34-56(78(52)68(86)62(50)76-64(82)54(6-2)70-4)66(84)74-60(47-23-15-9-16-24-47)48-25-17-10-18-26-48/h7-26,49-56,59-62,69-70H,5-6,27-44H2,1-4H3,(H,71,79)(H,72,80)(H,73,83)(H,74,84)(H,75,81)(H,76,82). The van der Waals surface area contributed by atoms with Gasteiger partial charge in [0.25, 0.3) is 0 Å². The number of nitrogens with one attached hydrogen (secondary N) is 8. The number of amides is 8. The number of hydrogen-bond acceptors (Lipinski definition) is 14. The molecule has 4 aliphatic heterocycles. The first-order valence-electron chi connectivity index (χ1n) is 32.1. The molecule has 22 nitrogen and oxygen atoms in total. The van der Waals surface area contributed by atoms with Crippen molar-refractivity contribution in [3.8, 4) is 0 Å². The lowest BCUT2D eigenvalue weighted by atomic mass is 9.92. The molecule has 4 aromatic carbocycles. The molecule has 8 N–H and O–H groups in total. The minimum Gasteiger partial charge on any atom is -0.377 e. The zero-order valence-corrected chi connectivity index (χ0v) is 52.4. The third kappa shape index (κ3) is 18.5. The van der Waals surface area contributed by atoms with E-state index in [9.17, 15) is 38.4 Å². The summed E-state index contributed by atoms with van der Waals surface area (Å²) >= 11 is 0. The number of ether oxygens (including phenoxy) is 4. The average Bonchev–Trinajstić information content (AvgIpc) is 1.78. The number of hydrogen-bond donors (Lipinski definition) is 8. The van der Waals surface area contributed by atoms with Gasteiger partial charge in [-0.1, -0.05) is 135 Å². The summed E-state index contributed by atoms with van der Waals surface area (Å²) in [5.74, 6) is -3.57. The second-order valence-electron chi connectivity index (χ2n) is 23.6. The van der Waals surface area contributed by atoms with Crippen LogP contribution in [0.2, 0.25) is 0 Å². The summed E-state index contributed by atoms with van der Waals surface area (Å²) in [6.07, 6.45) is 5.47. The Morgan fingerprint density at radius 1 is 0.444 bits per heavy atom. The highest BCUT2D eigenvalue weighted by molar-refractivity contribution is 5.96. The molecule has 486 valence electrons. The van der Waals surface area contributed by atoms with Gasteiger partial charge in [-0.05, 0) is 101 Å². The third-order valence-corrected chi connectivity index (χ3v) is 17.9. The van der Waals surface area contributed by atoms with Crippen LogP contribution < -0.4 is 42.5 Å². The van der Waals surface area contributed by atoms with Gasteiger partial charge in [-0.3, -0.25) is 38.4 Å². The van der Waals surface area contributed by atoms with Gasteiger partial charge in [-0.25, -0.2) is 0 Å². The quantitative estimate of drug-likeness (QED) is 0.0317. The van der Waals surface area contributed by atoms with Crippen molar-refractivity contribution in [3.63, 3.8) is 0 Å². The van der Waals surface area contributed by atoms with Crippen LogP contribution in [-0.4, -0.2) is 185 Å². The van der Waals surface area contributed by atoms with Crippen molar-refractivity contribution in [3.05, 3.63) is 144 Å². The van der Waals surface area contributed by atoms with Crippen LogP contribution in [0.25, 0.3) is 0 Å². The van der Waals surface area contributed by atoms with Crippen molar-refractivity contribution in [2.75, 3.05) is 80.0 Å². The van der Waals surface area contributed by atoms with E-state index in [1.54, 1.807) is 23.9 Å². The first-order valence-corrected chi connectivity index (χ1v) is 32.1. The van der Waals surface area contributed by atoms with Gasteiger partial charge in [-0.2, -0.15) is 0 Å². The minimum atomic E-state index is -0.983. The highest BCUT2D eigenvalue weighted by Crippen LogP contribution is 2.37. The molecule has 0 radical (unpaired) electrons. The largest absolute Gasteiger partial charge is 0.377 e. The molecule has 4 fully saturated rings. The summed E-state index contributed by atoms with van der Waals surface area (Å²) in [5, 5.41) is 24.3. The van der Waals surface area contributed by atoms with Gasteiger partial charge < -0.3 is 71.3 Å². The van der Waals surface area contributed by atoms with Gasteiger partial charge >= 0.3 is 0 Å². The summed E-state index contributed by atoms with van der Waals surface area (Å²) < 4.78 is 22.5. The highest BCUT2D eigenvalue weighted by Gasteiger charge is 2.50. The summed E-state index contributed by atoms with van der Waals surface area (Å²) in [6.45, 7) is 4.58. The molecule has 4 aromatic rings. The van der Waals surface area contributed by atoms with Crippen LogP contribution in [0.5, 0.6) is 0 Å². The van der Waals surface area contributed by atoms with E-state index in [0.29, 0.717) is 64.2 Å². The molecule has 90 heavy (non-hydrogen) atoms. The molecule has 8 rings (SSSR count). The zero-order chi connectivity index (χ0) is 63.8.